The molecule has 0 unspecified atom stereocenters. The Balaban J connectivity index is 3.04. The molecule has 3 heteroatoms. The molecule has 0 aliphatic heterocycles. The molecule has 1 aromatic rings. The summed E-state index contributed by atoms with van der Waals surface area (Å²) in [6, 6.07) is 7.80. The highest BCUT2D eigenvalue weighted by Crippen LogP contribution is 2.33. The molecule has 0 aliphatic carbocycles. The predicted molar refractivity (Wildman–Crippen MR) is 93.8 cm³/mol. The van der Waals surface area contributed by atoms with Gasteiger partial charge in [0.25, 0.3) is 5.91 Å². The molecule has 0 saturated carbocycles. The number of amides is 1. The summed E-state index contributed by atoms with van der Waals surface area (Å²) in [5.74, 6) is 0.0813. The molecule has 0 atom stereocenters. The Morgan fingerprint density at radius 3 is 1.77 bits per heavy atom. The average molecular weight is 305 g/mol. The minimum absolute atomic E-state index is 0.0417. The maximum absolute atomic E-state index is 12.7. The fourth-order valence-electron chi connectivity index (χ4n) is 2.84. The normalized spacial score (nSPS) is 13.1. The van der Waals surface area contributed by atoms with Crippen molar-refractivity contribution < 1.29 is 9.28 Å². The zero-order valence-electron chi connectivity index (χ0n) is 15.8. The molecule has 1 aromatic carbocycles. The summed E-state index contributed by atoms with van der Waals surface area (Å²) >= 11 is 0. The van der Waals surface area contributed by atoms with Crippen molar-refractivity contribution in [3.05, 3.63) is 35.4 Å². The summed E-state index contributed by atoms with van der Waals surface area (Å²) in [4.78, 5) is 14.6. The summed E-state index contributed by atoms with van der Waals surface area (Å²) in [6.07, 6.45) is 0. The Morgan fingerprint density at radius 1 is 1.00 bits per heavy atom. The molecule has 124 valence electrons. The van der Waals surface area contributed by atoms with Gasteiger partial charge in [-0.2, -0.15) is 0 Å². The highest BCUT2D eigenvalue weighted by Gasteiger charge is 2.46. The van der Waals surface area contributed by atoms with Gasteiger partial charge in [-0.25, -0.2) is 0 Å². The highest BCUT2D eigenvalue weighted by molar-refractivity contribution is 5.93. The van der Waals surface area contributed by atoms with Crippen LogP contribution in [0.5, 0.6) is 0 Å². The summed E-state index contributed by atoms with van der Waals surface area (Å²) in [5.41, 5.74) is 2.01. The van der Waals surface area contributed by atoms with E-state index in [1.54, 1.807) is 0 Å². The second-order valence-corrected chi connectivity index (χ2v) is 8.54. The van der Waals surface area contributed by atoms with Crippen LogP contribution >= 0.6 is 0 Å². The van der Waals surface area contributed by atoms with Gasteiger partial charge in [0.1, 0.15) is 0 Å². The maximum Gasteiger partial charge on any atom is 0.257 e. The van der Waals surface area contributed by atoms with Gasteiger partial charge in [-0.05, 0) is 60.6 Å². The summed E-state index contributed by atoms with van der Waals surface area (Å²) in [6.45, 7) is 16.1. The highest BCUT2D eigenvalue weighted by atomic mass is 16.2. The van der Waals surface area contributed by atoms with Crippen molar-refractivity contribution in [1.82, 2.24) is 4.90 Å². The van der Waals surface area contributed by atoms with E-state index in [-0.39, 0.29) is 17.0 Å². The van der Waals surface area contributed by atoms with Gasteiger partial charge in [0, 0.05) is 12.6 Å². The van der Waals surface area contributed by atoms with E-state index in [9.17, 15) is 4.79 Å². The van der Waals surface area contributed by atoms with E-state index in [2.05, 4.69) is 48.6 Å². The first-order chi connectivity index (χ1) is 9.79. The van der Waals surface area contributed by atoms with Crippen molar-refractivity contribution in [2.24, 2.45) is 0 Å². The van der Waals surface area contributed by atoms with Crippen LogP contribution in [0.1, 0.15) is 57.5 Å². The fourth-order valence-corrected chi connectivity index (χ4v) is 2.84. The fraction of sp³-hybridized carbons (Fsp3) is 0.632. The molecule has 0 N–H and O–H groups in total. The first-order valence-corrected chi connectivity index (χ1v) is 7.97. The molecule has 0 saturated heterocycles. The van der Waals surface area contributed by atoms with Gasteiger partial charge in [0.2, 0.25) is 0 Å². The topological polar surface area (TPSA) is 20.3 Å². The van der Waals surface area contributed by atoms with Gasteiger partial charge in [-0.1, -0.05) is 17.7 Å². The zero-order chi connectivity index (χ0) is 17.3. The van der Waals surface area contributed by atoms with Crippen molar-refractivity contribution in [2.45, 2.75) is 59.5 Å². The minimum atomic E-state index is 0.0417. The molecule has 0 bridgehead atoms. The lowest BCUT2D eigenvalue weighted by Gasteiger charge is -2.55. The van der Waals surface area contributed by atoms with E-state index in [4.69, 9.17) is 0 Å². The maximum atomic E-state index is 12.7. The van der Waals surface area contributed by atoms with Crippen LogP contribution in [-0.2, 0) is 0 Å². The van der Waals surface area contributed by atoms with Crippen LogP contribution in [0.4, 0.5) is 0 Å². The lowest BCUT2D eigenvalue weighted by molar-refractivity contribution is -1.00. The third-order valence-electron chi connectivity index (χ3n) is 5.10. The Morgan fingerprint density at radius 2 is 1.41 bits per heavy atom. The Hall–Kier alpha value is -1.35. The average Bonchev–Trinajstić information content (AvgIpc) is 2.36. The largest absolute Gasteiger partial charge is 0.301 e. The minimum Gasteiger partial charge on any atom is -0.301 e. The number of benzene rings is 1. The smallest absolute Gasteiger partial charge is 0.257 e. The van der Waals surface area contributed by atoms with Crippen LogP contribution in [0, 0.1) is 6.92 Å². The third kappa shape index (κ3) is 3.70. The Labute approximate surface area is 136 Å². The van der Waals surface area contributed by atoms with Gasteiger partial charge < -0.3 is 4.48 Å². The number of aryl methyl sites for hydroxylation is 1. The molecule has 0 radical (unpaired) electrons. The quantitative estimate of drug-likeness (QED) is 0.609. The van der Waals surface area contributed by atoms with Crippen molar-refractivity contribution in [3.63, 3.8) is 0 Å². The van der Waals surface area contributed by atoms with E-state index in [0.717, 1.165) is 10.0 Å². The van der Waals surface area contributed by atoms with Crippen LogP contribution in [0.15, 0.2) is 24.3 Å². The van der Waals surface area contributed by atoms with Crippen LogP contribution in [-0.4, -0.2) is 47.1 Å². The lowest BCUT2D eigenvalue weighted by Crippen LogP contribution is -2.69. The van der Waals surface area contributed by atoms with E-state index >= 15 is 0 Å². The first-order valence-electron chi connectivity index (χ1n) is 7.97. The molecular formula is C19H33N2O+. The number of carbonyl (C=O) groups is 1. The van der Waals surface area contributed by atoms with Crippen LogP contribution in [0.25, 0.3) is 0 Å². The van der Waals surface area contributed by atoms with E-state index in [1.807, 2.05) is 43.1 Å². The van der Waals surface area contributed by atoms with Crippen molar-refractivity contribution in [3.8, 4) is 0 Å². The number of hydrogen-bond donors (Lipinski definition) is 0. The number of rotatable bonds is 3. The number of hydrogen-bond acceptors (Lipinski definition) is 1. The number of quaternary nitrogens is 1. The molecule has 0 fully saturated rings. The molecule has 22 heavy (non-hydrogen) atoms. The van der Waals surface area contributed by atoms with Crippen LogP contribution in [0.3, 0.4) is 0 Å². The first kappa shape index (κ1) is 18.7. The SMILES string of the molecule is Cc1ccc(C(=O)N(C)C[N+](C)(C(C)(C)C)C(C)(C)C)cc1. The Kier molecular flexibility index (Phi) is 5.13. The number of nitrogens with zero attached hydrogens (tertiary/aromatic N) is 2. The standard InChI is InChI=1S/C19H33N2O/c1-15-10-12-16(13-11-15)17(22)20(8)14-21(9,18(2,3)4)19(5,6)7/h10-13H,14H2,1-9H3/q+1. The molecule has 0 heterocycles. The molecule has 1 amide bonds. The van der Waals surface area contributed by atoms with Gasteiger partial charge in [-0.15, -0.1) is 0 Å². The second-order valence-electron chi connectivity index (χ2n) is 8.54. The third-order valence-corrected chi connectivity index (χ3v) is 5.10. The molecule has 3 nitrogen and oxygen atoms in total. The van der Waals surface area contributed by atoms with Crippen molar-refractivity contribution in [1.29, 1.82) is 0 Å². The second kappa shape index (κ2) is 6.04. The molecule has 0 spiro atoms. The van der Waals surface area contributed by atoms with E-state index < -0.39 is 0 Å². The summed E-state index contributed by atoms with van der Waals surface area (Å²) < 4.78 is 0.786. The molecule has 1 rings (SSSR count). The van der Waals surface area contributed by atoms with Crippen LogP contribution in [0.2, 0.25) is 0 Å². The van der Waals surface area contributed by atoms with Gasteiger partial charge in [0.15, 0.2) is 6.67 Å². The number of carbonyl (C=O) groups excluding carboxylic acids is 1. The molecular weight excluding hydrogens is 272 g/mol. The Bertz CT molecular complexity index is 504. The lowest BCUT2D eigenvalue weighted by atomic mass is 9.92. The van der Waals surface area contributed by atoms with Gasteiger partial charge in [0.05, 0.1) is 18.1 Å². The molecule has 0 aromatic heterocycles. The summed E-state index contributed by atoms with van der Waals surface area (Å²) in [7, 11) is 4.13. The molecule has 0 aliphatic rings. The van der Waals surface area contributed by atoms with Gasteiger partial charge >= 0.3 is 0 Å². The van der Waals surface area contributed by atoms with Crippen LogP contribution < -0.4 is 0 Å². The zero-order valence-corrected chi connectivity index (χ0v) is 15.8. The monoisotopic (exact) mass is 305 g/mol. The van der Waals surface area contributed by atoms with Crippen molar-refractivity contribution >= 4 is 5.91 Å². The van der Waals surface area contributed by atoms with E-state index in [0.29, 0.717) is 6.67 Å². The van der Waals surface area contributed by atoms with E-state index in [1.165, 1.54) is 5.56 Å². The predicted octanol–water partition coefficient (Wildman–Crippen LogP) is 4.07. The van der Waals surface area contributed by atoms with Gasteiger partial charge in [-0.3, -0.25) is 9.69 Å². The van der Waals surface area contributed by atoms with Crippen molar-refractivity contribution in [2.75, 3.05) is 20.8 Å². The summed E-state index contributed by atoms with van der Waals surface area (Å²) in [5, 5.41) is 0.